The highest BCUT2D eigenvalue weighted by Crippen LogP contribution is 2.42. The number of alkyl halides is 3. The Kier molecular flexibility index (Phi) is 6.54. The van der Waals surface area contributed by atoms with Crippen LogP contribution in [0.3, 0.4) is 0 Å². The summed E-state index contributed by atoms with van der Waals surface area (Å²) in [5.74, 6) is -0.0792. The van der Waals surface area contributed by atoms with Gasteiger partial charge in [-0.25, -0.2) is 4.98 Å². The van der Waals surface area contributed by atoms with Crippen LogP contribution in [-0.2, 0) is 13.1 Å². The van der Waals surface area contributed by atoms with Gasteiger partial charge < -0.3 is 25.5 Å². The van der Waals surface area contributed by atoms with E-state index in [2.05, 4.69) is 15.6 Å². The number of fused-ring (bicyclic) bond motifs is 1. The van der Waals surface area contributed by atoms with Crippen molar-refractivity contribution in [2.75, 3.05) is 12.4 Å². The summed E-state index contributed by atoms with van der Waals surface area (Å²) < 4.78 is 50.7. The fourth-order valence-electron chi connectivity index (χ4n) is 3.52. The van der Waals surface area contributed by atoms with Gasteiger partial charge in [0.2, 0.25) is 5.89 Å². The Balaban J connectivity index is 1.65. The summed E-state index contributed by atoms with van der Waals surface area (Å²) >= 11 is 5.87. The van der Waals surface area contributed by atoms with Crippen molar-refractivity contribution < 1.29 is 27.1 Å². The van der Waals surface area contributed by atoms with Crippen molar-refractivity contribution in [3.05, 3.63) is 70.1 Å². The minimum Gasteiger partial charge on any atom is -0.495 e. The highest BCUT2D eigenvalue weighted by molar-refractivity contribution is 6.30. The average molecular weight is 493 g/mol. The molecule has 178 valence electrons. The number of anilines is 1. The van der Waals surface area contributed by atoms with Crippen molar-refractivity contribution >= 4 is 29.3 Å². The number of halogens is 4. The number of hydrogen-bond donors (Lipinski definition) is 3. The predicted octanol–water partition coefficient (Wildman–Crippen LogP) is 4.76. The molecule has 2 heterocycles. The minimum atomic E-state index is -4.49. The van der Waals surface area contributed by atoms with Crippen LogP contribution in [0.2, 0.25) is 5.02 Å². The molecule has 11 heteroatoms. The molecule has 0 fully saturated rings. The molecule has 0 radical (unpaired) electrons. The van der Waals surface area contributed by atoms with Gasteiger partial charge in [0.1, 0.15) is 11.8 Å². The zero-order chi connectivity index (χ0) is 24.5. The number of hydrogen-bond acceptors (Lipinski definition) is 6. The Morgan fingerprint density at radius 1 is 1.26 bits per heavy atom. The van der Waals surface area contributed by atoms with Crippen LogP contribution in [0.1, 0.15) is 27.4 Å². The lowest BCUT2D eigenvalue weighted by molar-refractivity contribution is -0.132. The van der Waals surface area contributed by atoms with Crippen LogP contribution in [0.4, 0.5) is 18.9 Å². The van der Waals surface area contributed by atoms with Gasteiger partial charge in [-0.2, -0.15) is 13.2 Å². The van der Waals surface area contributed by atoms with Crippen molar-refractivity contribution in [2.45, 2.75) is 25.3 Å². The molecule has 2 aromatic carbocycles. The van der Waals surface area contributed by atoms with E-state index < -0.39 is 18.1 Å². The van der Waals surface area contributed by atoms with Gasteiger partial charge in [0.05, 0.1) is 19.3 Å². The van der Waals surface area contributed by atoms with Crippen LogP contribution in [-0.4, -0.2) is 30.2 Å². The van der Waals surface area contributed by atoms with Crippen molar-refractivity contribution in [2.24, 2.45) is 5.73 Å². The number of methoxy groups -OCH3 is 1. The Morgan fingerprint density at radius 3 is 2.65 bits per heavy atom. The summed E-state index contributed by atoms with van der Waals surface area (Å²) in [6, 6.07) is 8.19. The summed E-state index contributed by atoms with van der Waals surface area (Å²) in [5.41, 5.74) is 7.49. The number of amides is 1. The smallest absolute Gasteiger partial charge is 0.412 e. The predicted molar refractivity (Wildman–Crippen MR) is 122 cm³/mol. The monoisotopic (exact) mass is 492 g/mol. The molecule has 34 heavy (non-hydrogen) atoms. The van der Waals surface area contributed by atoms with Crippen LogP contribution in [0.15, 0.2) is 46.9 Å². The molecular weight excluding hydrogens is 473 g/mol. The molecule has 0 spiro atoms. The lowest BCUT2D eigenvalue weighted by Gasteiger charge is -2.26. The quantitative estimate of drug-likeness (QED) is 0.458. The first kappa shape index (κ1) is 23.7. The maximum Gasteiger partial charge on any atom is 0.412 e. The molecule has 1 unspecified atom stereocenters. The Bertz CT molecular complexity index is 1240. The second kappa shape index (κ2) is 9.40. The molecule has 0 aliphatic carbocycles. The first-order valence-electron chi connectivity index (χ1n) is 10.2. The number of carbonyl (C=O) groups excluding carboxylic acids is 1. The number of ether oxygens (including phenoxy) is 1. The third-order valence-electron chi connectivity index (χ3n) is 5.23. The van der Waals surface area contributed by atoms with Crippen molar-refractivity contribution in [3.8, 4) is 17.2 Å². The van der Waals surface area contributed by atoms with Gasteiger partial charge in [-0.15, -0.1) is 0 Å². The van der Waals surface area contributed by atoms with Crippen LogP contribution in [0.5, 0.6) is 5.75 Å². The molecule has 7 nitrogen and oxygen atoms in total. The summed E-state index contributed by atoms with van der Waals surface area (Å²) in [6.07, 6.45) is -2.16. The van der Waals surface area contributed by atoms with Crippen LogP contribution < -0.4 is 21.1 Å². The Labute approximate surface area is 197 Å². The maximum atomic E-state index is 13.2. The van der Waals surface area contributed by atoms with Gasteiger partial charge in [0, 0.05) is 22.7 Å². The first-order valence-corrected chi connectivity index (χ1v) is 10.5. The largest absolute Gasteiger partial charge is 0.495 e. The Morgan fingerprint density at radius 2 is 2.00 bits per heavy atom. The molecule has 1 aliphatic heterocycles. The molecule has 4 rings (SSSR count). The summed E-state index contributed by atoms with van der Waals surface area (Å²) in [6.45, 7) is 0.130. The number of benzene rings is 2. The van der Waals surface area contributed by atoms with E-state index in [9.17, 15) is 18.0 Å². The molecule has 1 atom stereocenters. The fourth-order valence-corrected chi connectivity index (χ4v) is 3.64. The first-order chi connectivity index (χ1) is 16.2. The van der Waals surface area contributed by atoms with Crippen LogP contribution in [0.25, 0.3) is 17.5 Å². The van der Waals surface area contributed by atoms with E-state index >= 15 is 0 Å². The molecule has 3 aromatic rings. The molecule has 1 aromatic heterocycles. The second-order valence-corrected chi connectivity index (χ2v) is 7.87. The van der Waals surface area contributed by atoms with Crippen molar-refractivity contribution in [1.82, 2.24) is 10.3 Å². The van der Waals surface area contributed by atoms with Crippen LogP contribution in [0, 0.1) is 0 Å². The van der Waals surface area contributed by atoms with Gasteiger partial charge in [0.15, 0.2) is 11.5 Å². The molecule has 0 bridgehead atoms. The topological polar surface area (TPSA) is 102 Å². The van der Waals surface area contributed by atoms with Gasteiger partial charge in [-0.05, 0) is 29.8 Å². The van der Waals surface area contributed by atoms with E-state index in [0.717, 1.165) is 11.6 Å². The van der Waals surface area contributed by atoms with E-state index in [-0.39, 0.29) is 41.9 Å². The number of nitrogens with two attached hydrogens (primary N) is 1. The number of nitrogens with zero attached hydrogens (tertiary/aromatic N) is 1. The van der Waals surface area contributed by atoms with E-state index in [1.54, 1.807) is 30.3 Å². The maximum absolute atomic E-state index is 13.2. The zero-order valence-corrected chi connectivity index (χ0v) is 18.6. The SMILES string of the molecule is COc1ccc(-c2nc(C(=O)NCc3ccc(Cl)cc3)c(CN)o2)c2c1NC(C(F)(F)F)C=C2. The van der Waals surface area contributed by atoms with E-state index in [1.165, 1.54) is 19.3 Å². The van der Waals surface area contributed by atoms with Gasteiger partial charge in [-0.1, -0.05) is 35.9 Å². The summed E-state index contributed by atoms with van der Waals surface area (Å²) in [5, 5.41) is 5.77. The van der Waals surface area contributed by atoms with Crippen molar-refractivity contribution in [3.63, 3.8) is 0 Å². The average Bonchev–Trinajstić information content (AvgIpc) is 3.26. The molecule has 0 saturated heterocycles. The lowest BCUT2D eigenvalue weighted by atomic mass is 9.98. The normalized spacial score (nSPS) is 14.9. The standard InChI is InChI=1S/C23H20ClF3N4O3/c1-33-16-8-6-15(14-7-9-18(23(25,26)27)30-19(14)16)22-31-20(17(10-28)34-22)21(32)29-11-12-2-4-13(24)5-3-12/h2-9,18,30H,10-11,28H2,1H3,(H,29,32). The molecule has 0 saturated carbocycles. The zero-order valence-electron chi connectivity index (χ0n) is 17.9. The molecule has 1 aliphatic rings. The Hall–Kier alpha value is -3.50. The summed E-state index contributed by atoms with van der Waals surface area (Å²) in [7, 11) is 1.36. The molecular formula is C23H20ClF3N4O3. The molecule has 1 amide bonds. The van der Waals surface area contributed by atoms with Gasteiger partial charge >= 0.3 is 6.18 Å². The summed E-state index contributed by atoms with van der Waals surface area (Å²) in [4.78, 5) is 17.1. The number of nitrogens with one attached hydrogen (secondary N) is 2. The fraction of sp³-hybridized carbons (Fsp3) is 0.217. The minimum absolute atomic E-state index is 0.00283. The van der Waals surface area contributed by atoms with E-state index in [4.69, 9.17) is 26.5 Å². The third-order valence-corrected chi connectivity index (χ3v) is 5.48. The van der Waals surface area contributed by atoms with Gasteiger partial charge in [0.25, 0.3) is 5.91 Å². The number of rotatable bonds is 6. The van der Waals surface area contributed by atoms with E-state index in [0.29, 0.717) is 16.1 Å². The highest BCUT2D eigenvalue weighted by Gasteiger charge is 2.40. The third kappa shape index (κ3) is 4.73. The van der Waals surface area contributed by atoms with Gasteiger partial charge in [-0.3, -0.25) is 4.79 Å². The number of oxazole rings is 1. The van der Waals surface area contributed by atoms with E-state index in [1.807, 2.05) is 0 Å². The number of aromatic nitrogens is 1. The molecule has 4 N–H and O–H groups in total. The van der Waals surface area contributed by atoms with Crippen molar-refractivity contribution in [1.29, 1.82) is 0 Å². The number of carbonyl (C=O) groups is 1. The second-order valence-electron chi connectivity index (χ2n) is 7.43. The lowest BCUT2D eigenvalue weighted by Crippen LogP contribution is -2.36. The highest BCUT2D eigenvalue weighted by atomic mass is 35.5. The van der Waals surface area contributed by atoms with Crippen LogP contribution >= 0.6 is 11.6 Å².